The largest absolute Gasteiger partial charge is 0.379 e. The molecule has 2 aliphatic rings. The molecule has 0 unspecified atom stereocenters. The highest BCUT2D eigenvalue weighted by atomic mass is 32.2. The Bertz CT molecular complexity index is 1000. The number of benzene rings is 2. The van der Waals surface area contributed by atoms with Crippen molar-refractivity contribution >= 4 is 33.4 Å². The van der Waals surface area contributed by atoms with Crippen LogP contribution in [0.15, 0.2) is 52.3 Å². The highest BCUT2D eigenvalue weighted by Gasteiger charge is 2.26. The molecule has 2 aromatic carbocycles. The summed E-state index contributed by atoms with van der Waals surface area (Å²) in [4.78, 5) is 13.6. The van der Waals surface area contributed by atoms with Crippen molar-refractivity contribution in [1.82, 2.24) is 4.31 Å². The molecule has 8 heteroatoms. The fourth-order valence-electron chi connectivity index (χ4n) is 3.65. The maximum Gasteiger partial charge on any atom is 0.243 e. The molecule has 1 aliphatic heterocycles. The highest BCUT2D eigenvalue weighted by Crippen LogP contribution is 2.28. The second kappa shape index (κ2) is 8.87. The van der Waals surface area contributed by atoms with E-state index < -0.39 is 10.0 Å². The average molecular weight is 433 g/mol. The molecule has 0 atom stereocenters. The van der Waals surface area contributed by atoms with Gasteiger partial charge in [-0.3, -0.25) is 4.79 Å². The summed E-state index contributed by atoms with van der Waals surface area (Å²) in [5.74, 6) is 0.121. The molecule has 1 amide bonds. The van der Waals surface area contributed by atoms with Crippen LogP contribution in [0.1, 0.15) is 17.5 Å². The van der Waals surface area contributed by atoms with Gasteiger partial charge in [-0.15, -0.1) is 11.8 Å². The lowest BCUT2D eigenvalue weighted by molar-refractivity contribution is -0.113. The van der Waals surface area contributed by atoms with Crippen molar-refractivity contribution in [3.63, 3.8) is 0 Å². The summed E-state index contributed by atoms with van der Waals surface area (Å²) in [5.41, 5.74) is 3.28. The number of carbonyl (C=O) groups is 1. The van der Waals surface area contributed by atoms with Crippen molar-refractivity contribution in [1.29, 1.82) is 0 Å². The Kier molecular flexibility index (Phi) is 6.24. The Morgan fingerprint density at radius 3 is 2.69 bits per heavy atom. The molecule has 154 valence electrons. The van der Waals surface area contributed by atoms with Crippen LogP contribution in [0.2, 0.25) is 0 Å². The summed E-state index contributed by atoms with van der Waals surface area (Å²) in [6.45, 7) is 1.48. The van der Waals surface area contributed by atoms with E-state index in [0.29, 0.717) is 32.0 Å². The molecule has 6 nitrogen and oxygen atoms in total. The lowest BCUT2D eigenvalue weighted by Gasteiger charge is -2.26. The van der Waals surface area contributed by atoms with Crippen molar-refractivity contribution in [3.05, 3.63) is 53.6 Å². The maximum absolute atomic E-state index is 12.8. The van der Waals surface area contributed by atoms with E-state index in [0.717, 1.165) is 17.7 Å². The second-order valence-electron chi connectivity index (χ2n) is 7.17. The Morgan fingerprint density at radius 2 is 1.86 bits per heavy atom. The lowest BCUT2D eigenvalue weighted by Crippen LogP contribution is -2.40. The first-order valence-electron chi connectivity index (χ1n) is 9.75. The number of hydrogen-bond acceptors (Lipinski definition) is 5. The van der Waals surface area contributed by atoms with E-state index >= 15 is 0 Å². The van der Waals surface area contributed by atoms with Crippen LogP contribution in [0.5, 0.6) is 0 Å². The predicted molar refractivity (Wildman–Crippen MR) is 114 cm³/mol. The first-order valence-corrected chi connectivity index (χ1v) is 12.2. The molecule has 1 saturated heterocycles. The molecule has 0 bridgehead atoms. The third kappa shape index (κ3) is 4.83. The van der Waals surface area contributed by atoms with Gasteiger partial charge in [-0.2, -0.15) is 4.31 Å². The van der Waals surface area contributed by atoms with E-state index in [-0.39, 0.29) is 16.6 Å². The number of rotatable bonds is 6. The number of ether oxygens (including phenoxy) is 1. The molecule has 29 heavy (non-hydrogen) atoms. The standard InChI is InChI=1S/C21H24N2O4S2/c24-21(15-28-19-8-7-16-3-1-4-17(16)13-19)22-18-5-2-6-20(14-18)29(25,26)23-9-11-27-12-10-23/h2,5-8,13-14H,1,3-4,9-12,15H2,(H,22,24). The number of fused-ring (bicyclic) bond motifs is 1. The van der Waals surface area contributed by atoms with E-state index in [9.17, 15) is 13.2 Å². The number of morpholine rings is 1. The van der Waals surface area contributed by atoms with E-state index in [1.807, 2.05) is 0 Å². The molecular formula is C21H24N2O4S2. The minimum atomic E-state index is -3.58. The summed E-state index contributed by atoms with van der Waals surface area (Å²) in [6, 6.07) is 12.8. The topological polar surface area (TPSA) is 75.7 Å². The minimum Gasteiger partial charge on any atom is -0.379 e. The number of aryl methyl sites for hydroxylation is 2. The number of hydrogen-bond donors (Lipinski definition) is 1. The van der Waals surface area contributed by atoms with Crippen LogP contribution in [0, 0.1) is 0 Å². The summed E-state index contributed by atoms with van der Waals surface area (Å²) in [5, 5.41) is 2.81. The van der Waals surface area contributed by atoms with Gasteiger partial charge in [0.2, 0.25) is 15.9 Å². The van der Waals surface area contributed by atoms with Gasteiger partial charge < -0.3 is 10.1 Å². The number of carbonyl (C=O) groups excluding carboxylic acids is 1. The predicted octanol–water partition coefficient (Wildman–Crippen LogP) is 2.93. The molecular weight excluding hydrogens is 408 g/mol. The van der Waals surface area contributed by atoms with Crippen molar-refractivity contribution < 1.29 is 17.9 Å². The van der Waals surface area contributed by atoms with Crippen LogP contribution < -0.4 is 5.32 Å². The van der Waals surface area contributed by atoms with Crippen LogP contribution in [-0.4, -0.2) is 50.7 Å². The number of anilines is 1. The number of sulfonamides is 1. The van der Waals surface area contributed by atoms with Crippen LogP contribution >= 0.6 is 11.8 Å². The van der Waals surface area contributed by atoms with Crippen LogP contribution in [0.3, 0.4) is 0 Å². The zero-order valence-corrected chi connectivity index (χ0v) is 17.7. The van der Waals surface area contributed by atoms with E-state index in [1.54, 1.807) is 18.2 Å². The fraction of sp³-hybridized carbons (Fsp3) is 0.381. The van der Waals surface area contributed by atoms with E-state index in [1.165, 1.54) is 39.7 Å². The fourth-order valence-corrected chi connectivity index (χ4v) is 5.87. The first-order chi connectivity index (χ1) is 14.0. The minimum absolute atomic E-state index is 0.156. The number of thioether (sulfide) groups is 1. The number of nitrogens with one attached hydrogen (secondary N) is 1. The number of nitrogens with zero attached hydrogens (tertiary/aromatic N) is 1. The third-order valence-electron chi connectivity index (χ3n) is 5.17. The Labute approximate surface area is 175 Å². The van der Waals surface area contributed by atoms with Crippen molar-refractivity contribution in [2.45, 2.75) is 29.1 Å². The van der Waals surface area contributed by atoms with Gasteiger partial charge in [0.05, 0.1) is 23.9 Å². The first kappa shape index (κ1) is 20.4. The molecule has 1 N–H and O–H groups in total. The van der Waals surface area contributed by atoms with Gasteiger partial charge in [-0.05, 0) is 60.7 Å². The molecule has 0 aromatic heterocycles. The van der Waals surface area contributed by atoms with Gasteiger partial charge in [-0.25, -0.2) is 8.42 Å². The third-order valence-corrected chi connectivity index (χ3v) is 8.05. The van der Waals surface area contributed by atoms with Gasteiger partial charge in [-0.1, -0.05) is 12.1 Å². The van der Waals surface area contributed by atoms with Crippen LogP contribution in [0.25, 0.3) is 0 Å². The summed E-state index contributed by atoms with van der Waals surface area (Å²) in [6.07, 6.45) is 3.46. The van der Waals surface area contributed by atoms with Gasteiger partial charge >= 0.3 is 0 Å². The zero-order valence-electron chi connectivity index (χ0n) is 16.1. The van der Waals surface area contributed by atoms with Crippen LogP contribution in [0.4, 0.5) is 5.69 Å². The molecule has 1 heterocycles. The lowest BCUT2D eigenvalue weighted by atomic mass is 10.1. The molecule has 1 aliphatic carbocycles. The summed E-state index contributed by atoms with van der Waals surface area (Å²) >= 11 is 1.49. The molecule has 4 rings (SSSR count). The second-order valence-corrected chi connectivity index (χ2v) is 10.2. The highest BCUT2D eigenvalue weighted by molar-refractivity contribution is 8.00. The van der Waals surface area contributed by atoms with E-state index in [4.69, 9.17) is 4.74 Å². The van der Waals surface area contributed by atoms with Crippen molar-refractivity contribution in [3.8, 4) is 0 Å². The average Bonchev–Trinajstić information content (AvgIpc) is 3.21. The monoisotopic (exact) mass is 432 g/mol. The van der Waals surface area contributed by atoms with Gasteiger partial charge in [0.25, 0.3) is 0 Å². The van der Waals surface area contributed by atoms with Crippen molar-refractivity contribution in [2.75, 3.05) is 37.4 Å². The molecule has 0 spiro atoms. The van der Waals surface area contributed by atoms with Gasteiger partial charge in [0.15, 0.2) is 0 Å². The van der Waals surface area contributed by atoms with Crippen molar-refractivity contribution in [2.24, 2.45) is 0 Å². The molecule has 2 aromatic rings. The Morgan fingerprint density at radius 1 is 1.07 bits per heavy atom. The molecule has 0 radical (unpaired) electrons. The summed E-state index contributed by atoms with van der Waals surface area (Å²) in [7, 11) is -3.58. The smallest absolute Gasteiger partial charge is 0.243 e. The SMILES string of the molecule is O=C(CSc1ccc2c(c1)CCC2)Nc1cccc(S(=O)(=O)N2CCOCC2)c1. The summed E-state index contributed by atoms with van der Waals surface area (Å²) < 4.78 is 32.2. The van der Waals surface area contributed by atoms with E-state index in [2.05, 4.69) is 23.5 Å². The number of amides is 1. The Balaban J connectivity index is 1.38. The van der Waals surface area contributed by atoms with Crippen LogP contribution in [-0.2, 0) is 32.4 Å². The molecule has 1 fully saturated rings. The molecule has 0 saturated carbocycles. The quantitative estimate of drug-likeness (QED) is 0.711. The normalized spacial score (nSPS) is 17.1. The Hall–Kier alpha value is -1.87. The zero-order chi connectivity index (χ0) is 20.3. The maximum atomic E-state index is 12.8. The van der Waals surface area contributed by atoms with Gasteiger partial charge in [0, 0.05) is 23.7 Å². The van der Waals surface area contributed by atoms with Gasteiger partial charge in [0.1, 0.15) is 0 Å².